The van der Waals surface area contributed by atoms with E-state index in [9.17, 15) is 24.0 Å². The standard InChI is InChI=1S/C31H35N5O.C30H33N5O.C4H6O4.C2H3BO2.CH4.Na/c1-20-16-26(24-4-3-5-24)27(30-33-28-12-13-35(2)19-29(28)34-30)17-25(20)31(37)36-14-10-23(11-15-36)22-8-6-21(18-32)7-9-22;1-19-15-25(23-3-2-4-23)26(29-33-27-9-12-32-18-28(27)34-29)16-24(19)30(36)35-13-10-22(11-14-35)21-7-5-20(17-31)6-8-21;1-3(5)7-8-4(2)6;1-2(4)5-3;;/h6-9,16-17,23-24H,3-5,10-15,19H2,1-2H3,(H,33,34);5-8,15-16,22-23,32H,2-4,9-14,18H2,1H3,(H,33,34);1-2H3;1H3;1H4;/q;;;-1;;+1. The molecule has 4 aliphatic heterocycles. The van der Waals surface area contributed by atoms with E-state index in [0.29, 0.717) is 34.8 Å². The Morgan fingerprint density at radius 1 is 0.580 bits per heavy atom. The van der Waals surface area contributed by atoms with E-state index in [2.05, 4.69) is 124 Å². The Morgan fingerprint density at radius 3 is 1.35 bits per heavy atom. The van der Waals surface area contributed by atoms with Crippen molar-refractivity contribution in [1.29, 1.82) is 10.5 Å². The van der Waals surface area contributed by atoms with Crippen LogP contribution < -0.4 is 34.9 Å². The van der Waals surface area contributed by atoms with Crippen LogP contribution in [0.4, 0.5) is 0 Å². The average molecular weight is 1200 g/mol. The number of benzene rings is 4. The van der Waals surface area contributed by atoms with Gasteiger partial charge in [-0.25, -0.2) is 29.3 Å². The van der Waals surface area contributed by atoms with Crippen molar-refractivity contribution >= 4 is 37.8 Å². The summed E-state index contributed by atoms with van der Waals surface area (Å²) in [4.78, 5) is 87.9. The SMILES string of the molecule is C.CC(=O)OOC(C)=O.Cc1cc(C2CCC2)c(-c2nc3c([nH]2)CN(C)CC3)cc1C(=O)N1CCC(c2ccc(C#N)cc2)CC1.Cc1cc(C2CCC2)c(-c2nc3c([nH]2)CNCC3)cc1C(=O)N1CCC(c2ccc(C#N)cc2)CC1.[B-]OC(C)=O.[Na+]. The molecule has 2 aromatic heterocycles. The number of fused-ring (bicyclic) bond motifs is 2. The number of aromatic amines is 2. The molecule has 0 spiro atoms. The van der Waals surface area contributed by atoms with Crippen LogP contribution in [0.25, 0.3) is 22.8 Å². The second-order valence-electron chi connectivity index (χ2n) is 23.6. The van der Waals surface area contributed by atoms with E-state index in [1.807, 2.05) is 34.1 Å². The Morgan fingerprint density at radius 2 is 0.989 bits per heavy atom. The predicted octanol–water partition coefficient (Wildman–Crippen LogP) is 8.02. The summed E-state index contributed by atoms with van der Waals surface area (Å²) in [6.45, 7) is 14.4. The first kappa shape index (κ1) is 68.1. The number of H-pyrrole nitrogens is 2. The van der Waals surface area contributed by atoms with E-state index in [-0.39, 0.29) is 48.8 Å². The smallest absolute Gasteiger partial charge is 0.793 e. The molecule has 2 aliphatic carbocycles. The van der Waals surface area contributed by atoms with E-state index < -0.39 is 17.9 Å². The summed E-state index contributed by atoms with van der Waals surface area (Å²) < 4.78 is 3.61. The molecule has 2 saturated carbocycles. The number of rotatable bonds is 8. The molecular weight excluding hydrogens is 1120 g/mol. The van der Waals surface area contributed by atoms with E-state index in [0.717, 1.165) is 155 Å². The predicted molar refractivity (Wildman–Crippen MR) is 332 cm³/mol. The number of piperidine rings is 2. The van der Waals surface area contributed by atoms with Crippen LogP contribution in [0, 0.1) is 36.5 Å². The molecule has 18 nitrogen and oxygen atoms in total. The van der Waals surface area contributed by atoms with Gasteiger partial charge in [0.25, 0.3) is 11.8 Å². The van der Waals surface area contributed by atoms with Crippen LogP contribution in [0.5, 0.6) is 0 Å². The van der Waals surface area contributed by atoms with Crippen molar-refractivity contribution in [3.8, 4) is 34.9 Å². The van der Waals surface area contributed by atoms with Crippen LogP contribution in [0.1, 0.15) is 204 Å². The van der Waals surface area contributed by atoms with Crippen molar-refractivity contribution in [2.24, 2.45) is 0 Å². The third kappa shape index (κ3) is 16.9. The number of carbonyl (C=O) groups is 5. The van der Waals surface area contributed by atoms with Gasteiger partial charge in [-0.15, -0.1) is 0 Å². The number of amides is 2. The fraction of sp³-hybridized carbons (Fsp3) is 0.456. The summed E-state index contributed by atoms with van der Waals surface area (Å²) in [6.07, 6.45) is 13.1. The molecule has 3 radical (unpaired) electrons. The molecule has 0 atom stereocenters. The fourth-order valence-corrected chi connectivity index (χ4v) is 12.3. The minimum absolute atomic E-state index is 0. The van der Waals surface area contributed by atoms with Gasteiger partial charge in [0.1, 0.15) is 11.6 Å². The number of likely N-dealkylation sites (N-methyl/N-ethyl adjacent to an activating group) is 1. The van der Waals surface area contributed by atoms with E-state index >= 15 is 0 Å². The molecule has 2 saturated heterocycles. The molecule has 0 bridgehead atoms. The molecule has 20 heteroatoms. The third-order valence-corrected chi connectivity index (χ3v) is 17.6. The first-order valence-electron chi connectivity index (χ1n) is 30.2. The molecule has 455 valence electrons. The summed E-state index contributed by atoms with van der Waals surface area (Å²) >= 11 is 0. The normalized spacial score (nSPS) is 16.5. The van der Waals surface area contributed by atoms with Crippen LogP contribution in [0.15, 0.2) is 72.8 Å². The zero-order chi connectivity index (χ0) is 61.0. The van der Waals surface area contributed by atoms with Gasteiger partial charge in [-0.1, -0.05) is 56.7 Å². The maximum Gasteiger partial charge on any atom is 1.00 e. The van der Waals surface area contributed by atoms with Crippen molar-refractivity contribution in [2.45, 2.75) is 156 Å². The van der Waals surface area contributed by atoms with Gasteiger partial charge in [-0.2, -0.15) is 10.5 Å². The second kappa shape index (κ2) is 31.7. The van der Waals surface area contributed by atoms with Crippen LogP contribution >= 0.6 is 0 Å². The van der Waals surface area contributed by atoms with Gasteiger partial charge < -0.3 is 42.7 Å². The molecule has 6 heterocycles. The molecule has 6 aliphatic rings. The molecule has 6 aromatic rings. The van der Waals surface area contributed by atoms with Crippen LogP contribution in [-0.4, -0.2) is 119 Å². The molecule has 12 rings (SSSR count). The van der Waals surface area contributed by atoms with Crippen LogP contribution in [0.2, 0.25) is 0 Å². The largest absolute Gasteiger partial charge is 1.00 e. The fourth-order valence-electron chi connectivity index (χ4n) is 12.3. The first-order chi connectivity index (χ1) is 41.5. The second-order valence-corrected chi connectivity index (χ2v) is 23.6. The number of hydrogen-bond donors (Lipinski definition) is 3. The molecule has 2 amide bonds. The summed E-state index contributed by atoms with van der Waals surface area (Å²) in [5.41, 5.74) is 17.3. The van der Waals surface area contributed by atoms with Gasteiger partial charge in [0.2, 0.25) is 5.97 Å². The summed E-state index contributed by atoms with van der Waals surface area (Å²) in [5, 5.41) is 21.6. The van der Waals surface area contributed by atoms with Crippen LogP contribution in [-0.2, 0) is 54.7 Å². The minimum Gasteiger partial charge on any atom is -0.793 e. The Hall–Kier alpha value is -7.39. The van der Waals surface area contributed by atoms with Crippen molar-refractivity contribution in [3.05, 3.63) is 151 Å². The quantitative estimate of drug-likeness (QED) is 0.0743. The Kier molecular flexibility index (Phi) is 24.5. The van der Waals surface area contributed by atoms with Gasteiger partial charge >= 0.3 is 41.5 Å². The van der Waals surface area contributed by atoms with E-state index in [1.54, 1.807) is 0 Å². The van der Waals surface area contributed by atoms with Crippen molar-refractivity contribution in [3.63, 3.8) is 0 Å². The Balaban J connectivity index is 0.000000205. The number of nitriles is 2. The van der Waals surface area contributed by atoms with E-state index in [1.165, 1.54) is 84.8 Å². The minimum atomic E-state index is -0.639. The monoisotopic (exact) mass is 1200 g/mol. The van der Waals surface area contributed by atoms with E-state index in [4.69, 9.17) is 20.5 Å². The molecule has 4 aromatic carbocycles. The first-order valence-corrected chi connectivity index (χ1v) is 30.2. The van der Waals surface area contributed by atoms with Gasteiger partial charge in [0.05, 0.1) is 46.0 Å². The molecule has 0 unspecified atom stereocenters. The van der Waals surface area contributed by atoms with Gasteiger partial charge in [0.15, 0.2) is 0 Å². The van der Waals surface area contributed by atoms with Crippen LogP contribution in [0.3, 0.4) is 0 Å². The van der Waals surface area contributed by atoms with Gasteiger partial charge in [0, 0.05) is 108 Å². The number of aryl methyl sites for hydroxylation is 2. The Bertz CT molecular complexity index is 3470. The summed E-state index contributed by atoms with van der Waals surface area (Å²) in [6, 6.07) is 29.0. The Labute approximate surface area is 541 Å². The topological polar surface area (TPSA) is 240 Å². The number of nitrogens with one attached hydrogen (secondary N) is 3. The maximum atomic E-state index is 13.8. The zero-order valence-electron chi connectivity index (χ0n) is 51.4. The number of aromatic nitrogens is 4. The van der Waals surface area contributed by atoms with Crippen molar-refractivity contribution in [2.75, 3.05) is 46.3 Å². The summed E-state index contributed by atoms with van der Waals surface area (Å²) in [5.74, 6) is 2.35. The molecule has 88 heavy (non-hydrogen) atoms. The third-order valence-electron chi connectivity index (χ3n) is 17.6. The van der Waals surface area contributed by atoms with Gasteiger partial charge in [-0.3, -0.25) is 14.4 Å². The average Bonchev–Trinajstić information content (AvgIpc) is 1.66. The molecule has 3 N–H and O–H groups in total. The zero-order valence-corrected chi connectivity index (χ0v) is 53.4. The number of likely N-dealkylation sites (tertiary alicyclic amines) is 2. The number of hydrogen-bond acceptors (Lipinski definition) is 14. The summed E-state index contributed by atoms with van der Waals surface area (Å²) in [7, 11) is 6.47. The van der Waals surface area contributed by atoms with Gasteiger partial charge in [-0.05, 0) is 166 Å². The number of nitrogens with zero attached hydrogens (tertiary/aromatic N) is 7. The maximum absolute atomic E-state index is 13.8. The van der Waals surface area contributed by atoms with Crippen molar-refractivity contribution < 1.29 is 68.0 Å². The number of carbonyl (C=O) groups excluding carboxylic acids is 5. The molecule has 4 fully saturated rings. The number of imidazole rings is 2. The molecular formula is C68H81BN10NaO8. The van der Waals surface area contributed by atoms with Crippen molar-refractivity contribution in [1.82, 2.24) is 40.0 Å².